The molecule has 0 saturated heterocycles. The van der Waals surface area contributed by atoms with Crippen LogP contribution in [-0.2, 0) is 10.0 Å². The SMILES string of the molecule is C=CC[C@@H]1C[C@@H](O)C[C@H]1S(N)(=O)=O. The van der Waals surface area contributed by atoms with E-state index in [1.807, 2.05) is 0 Å². The third-order valence-electron chi connectivity index (χ3n) is 2.50. The maximum atomic E-state index is 11.1. The summed E-state index contributed by atoms with van der Waals surface area (Å²) in [5, 5.41) is 13.8. The molecule has 3 N–H and O–H groups in total. The Hall–Kier alpha value is -0.390. The smallest absolute Gasteiger partial charge is 0.212 e. The highest BCUT2D eigenvalue weighted by Crippen LogP contribution is 2.32. The first-order valence-electron chi connectivity index (χ1n) is 4.25. The van der Waals surface area contributed by atoms with Crippen LogP contribution in [0, 0.1) is 5.92 Å². The van der Waals surface area contributed by atoms with Gasteiger partial charge in [0.2, 0.25) is 10.0 Å². The third kappa shape index (κ3) is 2.52. The minimum absolute atomic E-state index is 0.0671. The summed E-state index contributed by atoms with van der Waals surface area (Å²) in [5.41, 5.74) is 0. The van der Waals surface area contributed by atoms with Crippen molar-refractivity contribution in [2.24, 2.45) is 11.1 Å². The molecule has 1 aliphatic carbocycles. The van der Waals surface area contributed by atoms with Crippen LogP contribution < -0.4 is 5.14 Å². The Kier molecular flexibility index (Phi) is 3.10. The van der Waals surface area contributed by atoms with Gasteiger partial charge in [-0.1, -0.05) is 6.08 Å². The van der Waals surface area contributed by atoms with Gasteiger partial charge in [0.25, 0.3) is 0 Å². The van der Waals surface area contributed by atoms with E-state index < -0.39 is 21.4 Å². The second kappa shape index (κ2) is 3.77. The Balaban J connectivity index is 2.77. The van der Waals surface area contributed by atoms with E-state index in [2.05, 4.69) is 6.58 Å². The number of primary sulfonamides is 1. The van der Waals surface area contributed by atoms with Gasteiger partial charge in [-0.25, -0.2) is 13.6 Å². The predicted molar refractivity (Wildman–Crippen MR) is 50.4 cm³/mol. The number of hydrogen-bond donors (Lipinski definition) is 2. The van der Waals surface area contributed by atoms with Gasteiger partial charge in [-0.15, -0.1) is 6.58 Å². The molecular weight excluding hydrogens is 190 g/mol. The van der Waals surface area contributed by atoms with Crippen LogP contribution in [0.1, 0.15) is 19.3 Å². The Morgan fingerprint density at radius 3 is 2.62 bits per heavy atom. The minimum Gasteiger partial charge on any atom is -0.393 e. The quantitative estimate of drug-likeness (QED) is 0.636. The number of rotatable bonds is 3. The van der Waals surface area contributed by atoms with Crippen LogP contribution in [0.4, 0.5) is 0 Å². The Morgan fingerprint density at radius 2 is 2.15 bits per heavy atom. The van der Waals surface area contributed by atoms with Crippen molar-refractivity contribution in [1.82, 2.24) is 0 Å². The average molecular weight is 205 g/mol. The Labute approximate surface area is 78.5 Å². The molecule has 0 aliphatic heterocycles. The predicted octanol–water partition coefficient (Wildman–Crippen LogP) is -0.00950. The summed E-state index contributed by atoms with van der Waals surface area (Å²) in [6.45, 7) is 3.55. The van der Waals surface area contributed by atoms with Crippen LogP contribution in [0.2, 0.25) is 0 Å². The van der Waals surface area contributed by atoms with E-state index in [1.165, 1.54) is 0 Å². The molecule has 1 rings (SSSR count). The number of allylic oxidation sites excluding steroid dienone is 1. The van der Waals surface area contributed by atoms with Crippen molar-refractivity contribution in [3.05, 3.63) is 12.7 Å². The van der Waals surface area contributed by atoms with Gasteiger partial charge in [-0.3, -0.25) is 0 Å². The zero-order chi connectivity index (χ0) is 10.1. The molecule has 0 spiro atoms. The first kappa shape index (κ1) is 10.7. The second-order valence-electron chi connectivity index (χ2n) is 3.54. The van der Waals surface area contributed by atoms with Crippen molar-refractivity contribution in [3.63, 3.8) is 0 Å². The lowest BCUT2D eigenvalue weighted by atomic mass is 10.0. The van der Waals surface area contributed by atoms with Crippen LogP contribution in [0.3, 0.4) is 0 Å². The van der Waals surface area contributed by atoms with E-state index in [4.69, 9.17) is 5.14 Å². The van der Waals surface area contributed by atoms with E-state index in [9.17, 15) is 13.5 Å². The molecule has 1 fully saturated rings. The minimum atomic E-state index is -3.51. The highest BCUT2D eigenvalue weighted by molar-refractivity contribution is 7.89. The molecule has 0 radical (unpaired) electrons. The van der Waals surface area contributed by atoms with Crippen LogP contribution in [0.5, 0.6) is 0 Å². The summed E-state index contributed by atoms with van der Waals surface area (Å²) >= 11 is 0. The maximum absolute atomic E-state index is 11.1. The summed E-state index contributed by atoms with van der Waals surface area (Å²) in [4.78, 5) is 0. The molecule has 0 amide bonds. The fourth-order valence-corrected chi connectivity index (χ4v) is 3.17. The van der Waals surface area contributed by atoms with Crippen molar-refractivity contribution < 1.29 is 13.5 Å². The number of sulfonamides is 1. The lowest BCUT2D eigenvalue weighted by Crippen LogP contribution is -2.31. The van der Waals surface area contributed by atoms with Crippen molar-refractivity contribution in [2.75, 3.05) is 0 Å². The normalized spacial score (nSPS) is 34.8. The van der Waals surface area contributed by atoms with Crippen LogP contribution in [0.15, 0.2) is 12.7 Å². The van der Waals surface area contributed by atoms with Crippen LogP contribution in [0.25, 0.3) is 0 Å². The van der Waals surface area contributed by atoms with Crippen LogP contribution in [-0.4, -0.2) is 24.9 Å². The molecule has 3 atom stereocenters. The standard InChI is InChI=1S/C8H15NO3S/c1-2-3-6-4-7(10)5-8(6)13(9,11)12/h2,6-8,10H,1,3-5H2,(H2,9,11,12)/t6-,7-,8-/m1/s1. The first-order valence-corrected chi connectivity index (χ1v) is 5.86. The lowest BCUT2D eigenvalue weighted by molar-refractivity contribution is 0.178. The van der Waals surface area contributed by atoms with E-state index in [1.54, 1.807) is 6.08 Å². The largest absolute Gasteiger partial charge is 0.393 e. The Bertz CT molecular complexity index is 286. The monoisotopic (exact) mass is 205 g/mol. The second-order valence-corrected chi connectivity index (χ2v) is 5.32. The molecule has 4 nitrogen and oxygen atoms in total. The Morgan fingerprint density at radius 1 is 1.54 bits per heavy atom. The molecule has 1 aliphatic rings. The van der Waals surface area contributed by atoms with E-state index >= 15 is 0 Å². The third-order valence-corrected chi connectivity index (χ3v) is 3.92. The molecule has 0 aromatic heterocycles. The number of hydrogen-bond acceptors (Lipinski definition) is 3. The number of aliphatic hydroxyl groups excluding tert-OH is 1. The molecular formula is C8H15NO3S. The molecule has 0 aromatic rings. The van der Waals surface area contributed by atoms with E-state index in [0.717, 1.165) is 0 Å². The highest BCUT2D eigenvalue weighted by Gasteiger charge is 2.39. The zero-order valence-corrected chi connectivity index (χ0v) is 8.20. The van der Waals surface area contributed by atoms with Crippen molar-refractivity contribution >= 4 is 10.0 Å². The van der Waals surface area contributed by atoms with Crippen LogP contribution >= 0.6 is 0 Å². The van der Waals surface area contributed by atoms with Crippen molar-refractivity contribution in [2.45, 2.75) is 30.6 Å². The van der Waals surface area contributed by atoms with Gasteiger partial charge in [-0.2, -0.15) is 0 Å². The molecule has 0 heterocycles. The highest BCUT2D eigenvalue weighted by atomic mass is 32.2. The van der Waals surface area contributed by atoms with Gasteiger partial charge in [0.15, 0.2) is 0 Å². The maximum Gasteiger partial charge on any atom is 0.212 e. The molecule has 0 unspecified atom stereocenters. The molecule has 1 saturated carbocycles. The molecule has 76 valence electrons. The lowest BCUT2D eigenvalue weighted by Gasteiger charge is -2.14. The fraction of sp³-hybridized carbons (Fsp3) is 0.750. The summed E-state index contributed by atoms with van der Waals surface area (Å²) < 4.78 is 22.2. The first-order chi connectivity index (χ1) is 5.95. The van der Waals surface area contributed by atoms with Gasteiger partial charge < -0.3 is 5.11 Å². The zero-order valence-electron chi connectivity index (χ0n) is 7.39. The van der Waals surface area contributed by atoms with Gasteiger partial charge in [0.1, 0.15) is 0 Å². The molecule has 0 aromatic carbocycles. The summed E-state index contributed by atoms with van der Waals surface area (Å²) in [7, 11) is -3.51. The van der Waals surface area contributed by atoms with Gasteiger partial charge >= 0.3 is 0 Å². The summed E-state index contributed by atoms with van der Waals surface area (Å²) in [6.07, 6.45) is 2.50. The average Bonchev–Trinajstić information content (AvgIpc) is 2.30. The molecule has 0 bridgehead atoms. The summed E-state index contributed by atoms with van der Waals surface area (Å²) in [5.74, 6) is -0.0671. The number of aliphatic hydroxyl groups is 1. The van der Waals surface area contributed by atoms with Crippen molar-refractivity contribution in [1.29, 1.82) is 0 Å². The van der Waals surface area contributed by atoms with Gasteiger partial charge in [0.05, 0.1) is 11.4 Å². The van der Waals surface area contributed by atoms with Gasteiger partial charge in [-0.05, 0) is 25.2 Å². The van der Waals surface area contributed by atoms with E-state index in [0.29, 0.717) is 12.8 Å². The summed E-state index contributed by atoms with van der Waals surface area (Å²) in [6, 6.07) is 0. The van der Waals surface area contributed by atoms with Gasteiger partial charge in [0, 0.05) is 0 Å². The number of nitrogens with two attached hydrogens (primary N) is 1. The van der Waals surface area contributed by atoms with E-state index in [-0.39, 0.29) is 12.3 Å². The molecule has 13 heavy (non-hydrogen) atoms. The fourth-order valence-electron chi connectivity index (χ4n) is 1.92. The van der Waals surface area contributed by atoms with Crippen molar-refractivity contribution in [3.8, 4) is 0 Å². The topological polar surface area (TPSA) is 80.4 Å². The molecule has 5 heteroatoms.